The van der Waals surface area contributed by atoms with Crippen molar-refractivity contribution < 1.29 is 4.79 Å². The zero-order valence-corrected chi connectivity index (χ0v) is 18.0. The Morgan fingerprint density at radius 2 is 1.91 bits per heavy atom. The van der Waals surface area contributed by atoms with Crippen LogP contribution in [0, 0.1) is 0 Å². The average Bonchev–Trinajstić information content (AvgIpc) is 3.46. The molecule has 1 aliphatic rings. The number of fused-ring (bicyclic) bond motifs is 1. The SMILES string of the molecule is O=C(Nc1cnn(Cc2ccc(C3C=N3)cc2)c1)c1c[nH]c(=O)c(-c2cc3ccccc3[nH]2)c1. The highest BCUT2D eigenvalue weighted by Crippen LogP contribution is 2.25. The Morgan fingerprint density at radius 3 is 2.71 bits per heavy atom. The van der Waals surface area contributed by atoms with Gasteiger partial charge in [-0.25, -0.2) is 0 Å². The van der Waals surface area contributed by atoms with Crippen LogP contribution >= 0.6 is 0 Å². The summed E-state index contributed by atoms with van der Waals surface area (Å²) in [7, 11) is 0. The highest BCUT2D eigenvalue weighted by Gasteiger charge is 2.15. The molecule has 8 heteroatoms. The minimum atomic E-state index is -0.332. The Labute approximate surface area is 194 Å². The molecule has 1 aliphatic heterocycles. The first-order valence-electron chi connectivity index (χ1n) is 10.9. The maximum Gasteiger partial charge on any atom is 0.257 e. The number of rotatable bonds is 6. The largest absolute Gasteiger partial charge is 0.354 e. The molecule has 34 heavy (non-hydrogen) atoms. The van der Waals surface area contributed by atoms with E-state index in [1.54, 1.807) is 23.1 Å². The van der Waals surface area contributed by atoms with Gasteiger partial charge in [-0.15, -0.1) is 0 Å². The number of hydrogen-bond donors (Lipinski definition) is 3. The first-order chi connectivity index (χ1) is 16.6. The maximum absolute atomic E-state index is 12.9. The van der Waals surface area contributed by atoms with Crippen molar-refractivity contribution in [1.29, 1.82) is 0 Å². The van der Waals surface area contributed by atoms with Crippen LogP contribution in [0.15, 0.2) is 89.0 Å². The molecule has 6 rings (SSSR count). The van der Waals surface area contributed by atoms with Gasteiger partial charge in [-0.05, 0) is 29.3 Å². The van der Waals surface area contributed by atoms with E-state index >= 15 is 0 Å². The molecule has 0 radical (unpaired) electrons. The van der Waals surface area contributed by atoms with Gasteiger partial charge < -0.3 is 15.3 Å². The van der Waals surface area contributed by atoms with E-state index in [2.05, 4.69) is 49.6 Å². The topological polar surface area (TPSA) is 108 Å². The van der Waals surface area contributed by atoms with E-state index in [1.165, 1.54) is 11.8 Å². The van der Waals surface area contributed by atoms with Gasteiger partial charge >= 0.3 is 0 Å². The zero-order chi connectivity index (χ0) is 23.1. The van der Waals surface area contributed by atoms with Crippen LogP contribution in [0.2, 0.25) is 0 Å². The molecule has 0 saturated carbocycles. The third kappa shape index (κ3) is 3.93. The summed E-state index contributed by atoms with van der Waals surface area (Å²) in [5, 5.41) is 8.19. The molecular formula is C26H20N6O2. The molecule has 4 heterocycles. The minimum Gasteiger partial charge on any atom is -0.354 e. The third-order valence-corrected chi connectivity index (χ3v) is 5.84. The van der Waals surface area contributed by atoms with Crippen LogP contribution in [0.1, 0.15) is 27.5 Å². The molecule has 1 unspecified atom stereocenters. The molecule has 0 fully saturated rings. The number of aromatic amines is 2. The maximum atomic E-state index is 12.9. The lowest BCUT2D eigenvalue weighted by atomic mass is 10.1. The van der Waals surface area contributed by atoms with E-state index in [4.69, 9.17) is 0 Å². The van der Waals surface area contributed by atoms with Crippen molar-refractivity contribution in [2.24, 2.45) is 4.99 Å². The van der Waals surface area contributed by atoms with Gasteiger partial charge in [-0.1, -0.05) is 42.5 Å². The van der Waals surface area contributed by atoms with E-state index in [9.17, 15) is 9.59 Å². The van der Waals surface area contributed by atoms with Gasteiger partial charge in [0.05, 0.1) is 35.2 Å². The number of H-pyrrole nitrogens is 2. The molecule has 3 N–H and O–H groups in total. The number of pyridine rings is 1. The highest BCUT2D eigenvalue weighted by molar-refractivity contribution is 6.04. The van der Waals surface area contributed by atoms with Crippen LogP contribution in [0.25, 0.3) is 22.2 Å². The number of para-hydroxylation sites is 1. The van der Waals surface area contributed by atoms with Crippen molar-refractivity contribution in [2.75, 3.05) is 5.32 Å². The Kier molecular flexibility index (Phi) is 4.69. The summed E-state index contributed by atoms with van der Waals surface area (Å²) in [5.74, 6) is -0.332. The number of aliphatic imine (C=N–C) groups is 1. The van der Waals surface area contributed by atoms with Gasteiger partial charge in [0.25, 0.3) is 11.5 Å². The first kappa shape index (κ1) is 19.9. The van der Waals surface area contributed by atoms with Crippen LogP contribution in [0.5, 0.6) is 0 Å². The zero-order valence-electron chi connectivity index (χ0n) is 18.0. The number of carbonyl (C=O) groups excluding carboxylic acids is 1. The smallest absolute Gasteiger partial charge is 0.257 e. The number of benzene rings is 2. The average molecular weight is 448 g/mol. The molecule has 8 nitrogen and oxygen atoms in total. The second-order valence-corrected chi connectivity index (χ2v) is 8.27. The van der Waals surface area contributed by atoms with Crippen molar-refractivity contribution in [1.82, 2.24) is 19.7 Å². The predicted octanol–water partition coefficient (Wildman–Crippen LogP) is 4.15. The monoisotopic (exact) mass is 448 g/mol. The molecule has 2 aromatic carbocycles. The summed E-state index contributed by atoms with van der Waals surface area (Å²) in [6.07, 6.45) is 6.72. The van der Waals surface area contributed by atoms with Gasteiger partial charge in [0, 0.05) is 29.5 Å². The van der Waals surface area contributed by atoms with Crippen LogP contribution < -0.4 is 10.9 Å². The molecular weight excluding hydrogens is 428 g/mol. The molecule has 1 amide bonds. The molecule has 0 bridgehead atoms. The number of nitrogens with zero attached hydrogens (tertiary/aromatic N) is 3. The second kappa shape index (κ2) is 8.00. The number of carbonyl (C=O) groups is 1. The van der Waals surface area contributed by atoms with Crippen LogP contribution in [0.4, 0.5) is 5.69 Å². The lowest BCUT2D eigenvalue weighted by Crippen LogP contribution is -2.16. The van der Waals surface area contributed by atoms with Gasteiger partial charge in [0.15, 0.2) is 0 Å². The fourth-order valence-corrected chi connectivity index (χ4v) is 3.97. The summed E-state index contributed by atoms with van der Waals surface area (Å²) in [6, 6.07) is 19.8. The molecule has 5 aromatic rings. The van der Waals surface area contributed by atoms with Crippen molar-refractivity contribution >= 4 is 28.7 Å². The minimum absolute atomic E-state index is 0.241. The summed E-state index contributed by atoms with van der Waals surface area (Å²) < 4.78 is 1.76. The molecule has 166 valence electrons. The van der Waals surface area contributed by atoms with Crippen molar-refractivity contribution in [2.45, 2.75) is 12.6 Å². The Balaban J connectivity index is 1.17. The lowest BCUT2D eigenvalue weighted by molar-refractivity contribution is 0.102. The number of hydrogen-bond acceptors (Lipinski definition) is 4. The summed E-state index contributed by atoms with van der Waals surface area (Å²) in [6.45, 7) is 0.588. The molecule has 0 saturated heterocycles. The van der Waals surface area contributed by atoms with E-state index in [0.717, 1.165) is 16.5 Å². The van der Waals surface area contributed by atoms with Gasteiger partial charge in [0.2, 0.25) is 0 Å². The summed E-state index contributed by atoms with van der Waals surface area (Å²) in [4.78, 5) is 35.4. The lowest BCUT2D eigenvalue weighted by Gasteiger charge is -2.05. The highest BCUT2D eigenvalue weighted by atomic mass is 16.2. The molecule has 0 spiro atoms. The van der Waals surface area contributed by atoms with E-state index < -0.39 is 0 Å². The second-order valence-electron chi connectivity index (χ2n) is 8.27. The number of nitrogens with one attached hydrogen (secondary N) is 3. The standard InChI is InChI=1S/C26H20N6O2/c33-25(19-9-21(26(34)28-11-19)23-10-18-3-1-2-4-22(18)31-23)30-20-12-29-32(15-20)14-16-5-7-17(8-6-16)24-13-27-24/h1-13,15,24,31H,14H2,(H,28,34)(H,30,33). The van der Waals surface area contributed by atoms with Gasteiger partial charge in [-0.3, -0.25) is 19.3 Å². The summed E-state index contributed by atoms with van der Waals surface area (Å²) >= 11 is 0. The first-order valence-corrected chi connectivity index (χ1v) is 10.9. The fourth-order valence-electron chi connectivity index (χ4n) is 3.97. The normalized spacial score (nSPS) is 14.4. The molecule has 0 aliphatic carbocycles. The van der Waals surface area contributed by atoms with Crippen molar-refractivity contribution in [3.8, 4) is 11.3 Å². The number of anilines is 1. The fraction of sp³-hybridized carbons (Fsp3) is 0.0769. The van der Waals surface area contributed by atoms with E-state index in [-0.39, 0.29) is 17.5 Å². The van der Waals surface area contributed by atoms with Gasteiger partial charge in [0.1, 0.15) is 6.04 Å². The predicted molar refractivity (Wildman–Crippen MR) is 131 cm³/mol. The van der Waals surface area contributed by atoms with Crippen LogP contribution in [-0.4, -0.2) is 31.9 Å². The molecule has 1 atom stereocenters. The van der Waals surface area contributed by atoms with Crippen LogP contribution in [0.3, 0.4) is 0 Å². The summed E-state index contributed by atoms with van der Waals surface area (Å²) in [5.41, 5.74) is 4.93. The Hall–Kier alpha value is -4.72. The number of amides is 1. The van der Waals surface area contributed by atoms with E-state index in [0.29, 0.717) is 29.1 Å². The third-order valence-electron chi connectivity index (χ3n) is 5.84. The van der Waals surface area contributed by atoms with Crippen LogP contribution in [-0.2, 0) is 6.54 Å². The molecule has 3 aromatic heterocycles. The number of aromatic nitrogens is 4. The Bertz CT molecular complexity index is 1570. The van der Waals surface area contributed by atoms with Crippen molar-refractivity contribution in [3.63, 3.8) is 0 Å². The van der Waals surface area contributed by atoms with Gasteiger partial charge in [-0.2, -0.15) is 5.10 Å². The Morgan fingerprint density at radius 1 is 1.09 bits per heavy atom. The van der Waals surface area contributed by atoms with E-state index in [1.807, 2.05) is 36.5 Å². The van der Waals surface area contributed by atoms with Crippen molar-refractivity contribution in [3.05, 3.63) is 106 Å². The quantitative estimate of drug-likeness (QED) is 0.363.